The molecule has 0 unspecified atom stereocenters. The number of hydrogen-bond acceptors (Lipinski definition) is 6. The molecule has 0 aliphatic carbocycles. The predicted molar refractivity (Wildman–Crippen MR) is 98.4 cm³/mol. The van der Waals surface area contributed by atoms with Gasteiger partial charge in [0.15, 0.2) is 6.61 Å². The van der Waals surface area contributed by atoms with E-state index in [0.29, 0.717) is 10.6 Å². The highest BCUT2D eigenvalue weighted by Crippen LogP contribution is 2.31. The van der Waals surface area contributed by atoms with Crippen LogP contribution in [0.15, 0.2) is 28.8 Å². The number of amides is 3. The van der Waals surface area contributed by atoms with Crippen LogP contribution in [0.5, 0.6) is 0 Å². The molecule has 8 nitrogen and oxygen atoms in total. The van der Waals surface area contributed by atoms with Crippen LogP contribution >= 0.6 is 11.6 Å². The molecular formula is C18H20ClN3O5. The number of halogens is 1. The van der Waals surface area contributed by atoms with Crippen molar-refractivity contribution in [3.63, 3.8) is 0 Å². The monoisotopic (exact) mass is 393 g/mol. The average molecular weight is 394 g/mol. The molecule has 0 atom stereocenters. The molecule has 0 saturated carbocycles. The van der Waals surface area contributed by atoms with Gasteiger partial charge in [-0.1, -0.05) is 35.0 Å². The van der Waals surface area contributed by atoms with Gasteiger partial charge < -0.3 is 14.6 Å². The molecule has 9 heteroatoms. The Hall–Kier alpha value is -2.87. The maximum absolute atomic E-state index is 12.4. The van der Waals surface area contributed by atoms with Crippen LogP contribution in [0.1, 0.15) is 36.9 Å². The molecule has 0 aliphatic rings. The largest absolute Gasteiger partial charge is 0.452 e. The molecule has 0 radical (unpaired) electrons. The van der Waals surface area contributed by atoms with Crippen LogP contribution in [0.3, 0.4) is 0 Å². The molecule has 0 fully saturated rings. The Kier molecular flexibility index (Phi) is 6.22. The van der Waals surface area contributed by atoms with Crippen molar-refractivity contribution in [3.05, 3.63) is 40.6 Å². The first-order valence-electron chi connectivity index (χ1n) is 8.09. The highest BCUT2D eigenvalue weighted by Gasteiger charge is 2.25. The maximum Gasteiger partial charge on any atom is 0.344 e. The summed E-state index contributed by atoms with van der Waals surface area (Å²) in [6, 6.07) is 6.13. The molecule has 0 bridgehead atoms. The van der Waals surface area contributed by atoms with Gasteiger partial charge in [0, 0.05) is 11.1 Å². The number of carbonyl (C=O) groups is 3. The minimum absolute atomic E-state index is 0.0649. The van der Waals surface area contributed by atoms with Gasteiger partial charge in [-0.2, -0.15) is 0 Å². The summed E-state index contributed by atoms with van der Waals surface area (Å²) >= 11 is 6.14. The fourth-order valence-electron chi connectivity index (χ4n) is 2.19. The number of benzene rings is 1. The van der Waals surface area contributed by atoms with Crippen LogP contribution in [0, 0.1) is 6.92 Å². The van der Waals surface area contributed by atoms with Gasteiger partial charge in [-0.05, 0) is 33.8 Å². The van der Waals surface area contributed by atoms with Crippen molar-refractivity contribution in [2.45, 2.75) is 33.2 Å². The third-order valence-corrected chi connectivity index (χ3v) is 3.60. The number of aryl methyl sites for hydroxylation is 1. The predicted octanol–water partition coefficient (Wildman–Crippen LogP) is 3.08. The van der Waals surface area contributed by atoms with Crippen molar-refractivity contribution in [1.29, 1.82) is 0 Å². The van der Waals surface area contributed by atoms with Crippen LogP contribution < -0.4 is 10.6 Å². The first-order chi connectivity index (χ1) is 12.6. The number of ether oxygens (including phenoxy) is 1. The molecule has 1 aromatic carbocycles. The highest BCUT2D eigenvalue weighted by atomic mass is 35.5. The normalized spacial score (nSPS) is 11.0. The zero-order valence-electron chi connectivity index (χ0n) is 15.4. The van der Waals surface area contributed by atoms with Crippen molar-refractivity contribution < 1.29 is 23.6 Å². The van der Waals surface area contributed by atoms with Crippen molar-refractivity contribution in [2.24, 2.45) is 0 Å². The molecule has 0 saturated heterocycles. The molecule has 0 spiro atoms. The zero-order valence-corrected chi connectivity index (χ0v) is 16.1. The van der Waals surface area contributed by atoms with Crippen molar-refractivity contribution in [2.75, 3.05) is 6.61 Å². The second-order valence-electron chi connectivity index (χ2n) is 6.77. The Bertz CT molecular complexity index is 870. The summed E-state index contributed by atoms with van der Waals surface area (Å²) in [5.74, 6) is -1.35. The number of carbonyl (C=O) groups excluding carboxylic acids is 3. The number of imide groups is 1. The van der Waals surface area contributed by atoms with E-state index in [1.165, 1.54) is 0 Å². The highest BCUT2D eigenvalue weighted by molar-refractivity contribution is 6.33. The Balaban J connectivity index is 2.05. The van der Waals surface area contributed by atoms with E-state index in [4.69, 9.17) is 20.9 Å². The summed E-state index contributed by atoms with van der Waals surface area (Å²) in [6.07, 6.45) is 0. The summed E-state index contributed by atoms with van der Waals surface area (Å²) in [4.78, 5) is 35.9. The summed E-state index contributed by atoms with van der Waals surface area (Å²) < 4.78 is 10.1. The van der Waals surface area contributed by atoms with E-state index in [9.17, 15) is 14.4 Å². The smallest absolute Gasteiger partial charge is 0.344 e. The molecule has 2 rings (SSSR count). The van der Waals surface area contributed by atoms with Gasteiger partial charge in [0.1, 0.15) is 17.0 Å². The van der Waals surface area contributed by atoms with Crippen molar-refractivity contribution in [3.8, 4) is 11.3 Å². The van der Waals surface area contributed by atoms with Gasteiger partial charge in [-0.15, -0.1) is 0 Å². The van der Waals surface area contributed by atoms with Crippen molar-refractivity contribution in [1.82, 2.24) is 15.8 Å². The molecule has 144 valence electrons. The minimum atomic E-state index is -0.810. The van der Waals surface area contributed by atoms with Crippen LogP contribution in [-0.2, 0) is 9.53 Å². The topological polar surface area (TPSA) is 111 Å². The van der Waals surface area contributed by atoms with Gasteiger partial charge in [0.05, 0.1) is 5.02 Å². The van der Waals surface area contributed by atoms with E-state index in [1.807, 2.05) is 0 Å². The van der Waals surface area contributed by atoms with Crippen LogP contribution in [0.25, 0.3) is 11.3 Å². The SMILES string of the molecule is Cc1onc(-c2ccccc2Cl)c1C(=O)OCC(=O)NC(=O)NC(C)(C)C. The van der Waals surface area contributed by atoms with E-state index in [0.717, 1.165) is 0 Å². The molecule has 3 amide bonds. The second kappa shape index (κ2) is 8.22. The molecule has 0 aliphatic heterocycles. The van der Waals surface area contributed by atoms with Crippen molar-refractivity contribution >= 4 is 29.5 Å². The summed E-state index contributed by atoms with van der Waals surface area (Å²) in [5, 5.41) is 8.89. The minimum Gasteiger partial charge on any atom is -0.452 e. The van der Waals surface area contributed by atoms with E-state index >= 15 is 0 Å². The molecule has 2 N–H and O–H groups in total. The maximum atomic E-state index is 12.4. The quantitative estimate of drug-likeness (QED) is 0.772. The molecular weight excluding hydrogens is 374 g/mol. The van der Waals surface area contributed by atoms with Gasteiger partial charge in [-0.25, -0.2) is 9.59 Å². The number of rotatable bonds is 4. The number of nitrogens with one attached hydrogen (secondary N) is 2. The lowest BCUT2D eigenvalue weighted by atomic mass is 10.1. The molecule has 27 heavy (non-hydrogen) atoms. The fourth-order valence-corrected chi connectivity index (χ4v) is 2.41. The number of hydrogen-bond donors (Lipinski definition) is 2. The van der Waals surface area contributed by atoms with Gasteiger partial charge >= 0.3 is 12.0 Å². The number of nitrogens with zero attached hydrogens (tertiary/aromatic N) is 1. The second-order valence-corrected chi connectivity index (χ2v) is 7.18. The number of urea groups is 1. The number of aromatic nitrogens is 1. The number of esters is 1. The molecule has 1 aromatic heterocycles. The zero-order chi connectivity index (χ0) is 20.2. The lowest BCUT2D eigenvalue weighted by molar-refractivity contribution is -0.123. The Labute approximate surface area is 161 Å². The molecule has 1 heterocycles. The van der Waals surface area contributed by atoms with Gasteiger partial charge in [-0.3, -0.25) is 10.1 Å². The third-order valence-electron chi connectivity index (χ3n) is 3.27. The van der Waals surface area contributed by atoms with Crippen LogP contribution in [0.2, 0.25) is 5.02 Å². The first-order valence-corrected chi connectivity index (χ1v) is 8.46. The lowest BCUT2D eigenvalue weighted by Gasteiger charge is -2.20. The van der Waals surface area contributed by atoms with Gasteiger partial charge in [0.25, 0.3) is 5.91 Å². The standard InChI is InChI=1S/C18H20ClN3O5/c1-10-14(15(22-27-10)11-7-5-6-8-12(11)19)16(24)26-9-13(23)20-17(25)21-18(2,3)4/h5-8H,9H2,1-4H3,(H2,20,21,23,25). The Morgan fingerprint density at radius 2 is 1.89 bits per heavy atom. The Morgan fingerprint density at radius 3 is 2.52 bits per heavy atom. The summed E-state index contributed by atoms with van der Waals surface area (Å²) in [7, 11) is 0. The summed E-state index contributed by atoms with van der Waals surface area (Å²) in [5.41, 5.74) is 0.269. The van der Waals surface area contributed by atoms with Gasteiger partial charge in [0.2, 0.25) is 0 Å². The van der Waals surface area contributed by atoms with Crippen LogP contribution in [0.4, 0.5) is 4.79 Å². The lowest BCUT2D eigenvalue weighted by Crippen LogP contribution is -2.49. The third kappa shape index (κ3) is 5.55. The van der Waals surface area contributed by atoms with Crippen LogP contribution in [-0.4, -0.2) is 35.2 Å². The van der Waals surface area contributed by atoms with E-state index < -0.39 is 30.1 Å². The molecule has 2 aromatic rings. The van der Waals surface area contributed by atoms with E-state index in [2.05, 4.69) is 15.8 Å². The van der Waals surface area contributed by atoms with E-state index in [-0.39, 0.29) is 17.0 Å². The average Bonchev–Trinajstić information content (AvgIpc) is 2.92. The van der Waals surface area contributed by atoms with E-state index in [1.54, 1.807) is 52.0 Å². The first kappa shape index (κ1) is 20.4. The Morgan fingerprint density at radius 1 is 1.22 bits per heavy atom. The fraction of sp³-hybridized carbons (Fsp3) is 0.333. The summed E-state index contributed by atoms with van der Waals surface area (Å²) in [6.45, 7) is 6.20.